The Morgan fingerprint density at radius 2 is 1.89 bits per heavy atom. The Hall–Kier alpha value is -1.02. The SMILES string of the molecule is CC(C)CNCC(C)N1CCCCc2ccccc21. The number of nitrogens with one attached hydrogen (secondary N) is 1. The monoisotopic (exact) mass is 260 g/mol. The minimum atomic E-state index is 0.568. The van der Waals surface area contributed by atoms with Gasteiger partial charge in [0.1, 0.15) is 0 Å². The van der Waals surface area contributed by atoms with Crippen molar-refractivity contribution in [1.82, 2.24) is 5.32 Å². The number of anilines is 1. The molecule has 2 rings (SSSR count). The van der Waals surface area contributed by atoms with Crippen LogP contribution in [0.5, 0.6) is 0 Å². The van der Waals surface area contributed by atoms with Gasteiger partial charge in [-0.05, 0) is 50.3 Å². The van der Waals surface area contributed by atoms with E-state index in [1.807, 2.05) is 0 Å². The molecule has 0 aliphatic carbocycles. The van der Waals surface area contributed by atoms with E-state index in [1.54, 1.807) is 0 Å². The van der Waals surface area contributed by atoms with Gasteiger partial charge in [-0.1, -0.05) is 32.0 Å². The fraction of sp³-hybridized carbons (Fsp3) is 0.647. The van der Waals surface area contributed by atoms with Crippen molar-refractivity contribution in [2.45, 2.75) is 46.1 Å². The first-order valence-corrected chi connectivity index (χ1v) is 7.73. The van der Waals surface area contributed by atoms with E-state index in [2.05, 4.69) is 55.3 Å². The largest absolute Gasteiger partial charge is 0.367 e. The number of fused-ring (bicyclic) bond motifs is 1. The Kier molecular flexibility index (Phi) is 5.26. The number of para-hydroxylation sites is 1. The van der Waals surface area contributed by atoms with Gasteiger partial charge in [0.15, 0.2) is 0 Å². The molecule has 0 fully saturated rings. The highest BCUT2D eigenvalue weighted by Crippen LogP contribution is 2.27. The second-order valence-electron chi connectivity index (χ2n) is 6.18. The van der Waals surface area contributed by atoms with Crippen LogP contribution < -0.4 is 10.2 Å². The summed E-state index contributed by atoms with van der Waals surface area (Å²) in [7, 11) is 0. The summed E-state index contributed by atoms with van der Waals surface area (Å²) in [4.78, 5) is 2.59. The predicted octanol–water partition coefficient (Wildman–Crippen LogP) is 3.46. The van der Waals surface area contributed by atoms with Crippen LogP contribution >= 0.6 is 0 Å². The van der Waals surface area contributed by atoms with E-state index < -0.39 is 0 Å². The molecule has 0 saturated heterocycles. The zero-order valence-electron chi connectivity index (χ0n) is 12.7. The summed E-state index contributed by atoms with van der Waals surface area (Å²) in [6, 6.07) is 9.50. The summed E-state index contributed by atoms with van der Waals surface area (Å²) >= 11 is 0. The Balaban J connectivity index is 2.02. The van der Waals surface area contributed by atoms with Crippen LogP contribution in [-0.4, -0.2) is 25.7 Å². The smallest absolute Gasteiger partial charge is 0.0401 e. The van der Waals surface area contributed by atoms with Gasteiger partial charge in [-0.3, -0.25) is 0 Å². The average Bonchev–Trinajstić information content (AvgIpc) is 2.60. The summed E-state index contributed by atoms with van der Waals surface area (Å²) in [6.45, 7) is 10.3. The topological polar surface area (TPSA) is 15.3 Å². The molecule has 1 aliphatic rings. The molecule has 106 valence electrons. The van der Waals surface area contributed by atoms with Crippen molar-refractivity contribution in [1.29, 1.82) is 0 Å². The van der Waals surface area contributed by atoms with E-state index in [-0.39, 0.29) is 0 Å². The van der Waals surface area contributed by atoms with Crippen molar-refractivity contribution < 1.29 is 0 Å². The van der Waals surface area contributed by atoms with Crippen molar-refractivity contribution in [2.24, 2.45) is 5.92 Å². The molecule has 0 amide bonds. The van der Waals surface area contributed by atoms with Gasteiger partial charge in [-0.15, -0.1) is 0 Å². The van der Waals surface area contributed by atoms with Crippen molar-refractivity contribution in [2.75, 3.05) is 24.5 Å². The lowest BCUT2D eigenvalue weighted by Gasteiger charge is -2.32. The summed E-state index contributed by atoms with van der Waals surface area (Å²) in [5, 5.41) is 3.59. The zero-order chi connectivity index (χ0) is 13.7. The van der Waals surface area contributed by atoms with Crippen LogP contribution in [0.3, 0.4) is 0 Å². The van der Waals surface area contributed by atoms with Crippen LogP contribution in [0.4, 0.5) is 5.69 Å². The number of rotatable bonds is 5. The predicted molar refractivity (Wildman–Crippen MR) is 83.9 cm³/mol. The van der Waals surface area contributed by atoms with Crippen molar-refractivity contribution in [3.63, 3.8) is 0 Å². The molecular formula is C17H28N2. The van der Waals surface area contributed by atoms with Gasteiger partial charge in [-0.25, -0.2) is 0 Å². The number of hydrogen-bond acceptors (Lipinski definition) is 2. The molecule has 1 heterocycles. The van der Waals surface area contributed by atoms with Crippen molar-refractivity contribution in [3.8, 4) is 0 Å². The van der Waals surface area contributed by atoms with Crippen LogP contribution in [0.15, 0.2) is 24.3 Å². The zero-order valence-corrected chi connectivity index (χ0v) is 12.7. The molecule has 1 unspecified atom stereocenters. The molecule has 0 radical (unpaired) electrons. The molecule has 0 spiro atoms. The lowest BCUT2D eigenvalue weighted by atomic mass is 10.1. The third-order valence-electron chi connectivity index (χ3n) is 3.92. The first-order chi connectivity index (χ1) is 9.18. The maximum absolute atomic E-state index is 3.59. The maximum atomic E-state index is 3.59. The number of benzene rings is 1. The third-order valence-corrected chi connectivity index (χ3v) is 3.92. The van der Waals surface area contributed by atoms with E-state index >= 15 is 0 Å². The summed E-state index contributed by atoms with van der Waals surface area (Å²) in [5.41, 5.74) is 2.98. The van der Waals surface area contributed by atoms with Gasteiger partial charge in [0.2, 0.25) is 0 Å². The fourth-order valence-corrected chi connectivity index (χ4v) is 2.87. The Labute approximate surface area is 118 Å². The van der Waals surface area contributed by atoms with Gasteiger partial charge in [0.05, 0.1) is 0 Å². The van der Waals surface area contributed by atoms with Gasteiger partial charge in [-0.2, -0.15) is 0 Å². The lowest BCUT2D eigenvalue weighted by Crippen LogP contribution is -2.41. The van der Waals surface area contributed by atoms with Crippen LogP contribution in [0, 0.1) is 5.92 Å². The molecule has 19 heavy (non-hydrogen) atoms. The Bertz CT molecular complexity index is 387. The van der Waals surface area contributed by atoms with Gasteiger partial charge >= 0.3 is 0 Å². The van der Waals surface area contributed by atoms with Crippen LogP contribution in [-0.2, 0) is 6.42 Å². The molecule has 0 bridgehead atoms. The van der Waals surface area contributed by atoms with Gasteiger partial charge in [0.25, 0.3) is 0 Å². The number of hydrogen-bond donors (Lipinski definition) is 1. The Morgan fingerprint density at radius 3 is 2.68 bits per heavy atom. The number of nitrogens with zero attached hydrogens (tertiary/aromatic N) is 1. The summed E-state index contributed by atoms with van der Waals surface area (Å²) in [6.07, 6.45) is 3.86. The molecule has 0 saturated carbocycles. The molecular weight excluding hydrogens is 232 g/mol. The quantitative estimate of drug-likeness (QED) is 0.872. The van der Waals surface area contributed by atoms with Gasteiger partial charge in [0, 0.05) is 24.8 Å². The third kappa shape index (κ3) is 3.97. The maximum Gasteiger partial charge on any atom is 0.0401 e. The molecule has 1 aromatic carbocycles. The van der Waals surface area contributed by atoms with E-state index in [0.717, 1.165) is 19.0 Å². The van der Waals surface area contributed by atoms with E-state index in [0.29, 0.717) is 6.04 Å². The first kappa shape index (κ1) is 14.4. The molecule has 1 atom stereocenters. The summed E-state index contributed by atoms with van der Waals surface area (Å²) in [5.74, 6) is 0.726. The first-order valence-electron chi connectivity index (χ1n) is 7.73. The lowest BCUT2D eigenvalue weighted by molar-refractivity contribution is 0.506. The second kappa shape index (κ2) is 6.95. The van der Waals surface area contributed by atoms with Crippen molar-refractivity contribution >= 4 is 5.69 Å². The van der Waals surface area contributed by atoms with E-state index in [4.69, 9.17) is 0 Å². The minimum Gasteiger partial charge on any atom is -0.367 e. The molecule has 2 heteroatoms. The molecule has 0 aromatic heterocycles. The molecule has 1 N–H and O–H groups in total. The molecule has 1 aromatic rings. The fourth-order valence-electron chi connectivity index (χ4n) is 2.87. The van der Waals surface area contributed by atoms with Crippen molar-refractivity contribution in [3.05, 3.63) is 29.8 Å². The van der Waals surface area contributed by atoms with Gasteiger partial charge < -0.3 is 10.2 Å². The van der Waals surface area contributed by atoms with Crippen LogP contribution in [0.1, 0.15) is 39.2 Å². The van der Waals surface area contributed by atoms with Crippen LogP contribution in [0.25, 0.3) is 0 Å². The molecule has 2 nitrogen and oxygen atoms in total. The highest BCUT2D eigenvalue weighted by molar-refractivity contribution is 5.55. The average molecular weight is 260 g/mol. The Morgan fingerprint density at radius 1 is 1.11 bits per heavy atom. The second-order valence-corrected chi connectivity index (χ2v) is 6.18. The minimum absolute atomic E-state index is 0.568. The van der Waals surface area contributed by atoms with E-state index in [9.17, 15) is 0 Å². The van der Waals surface area contributed by atoms with E-state index in [1.165, 1.54) is 37.1 Å². The number of aryl methyl sites for hydroxylation is 1. The van der Waals surface area contributed by atoms with Crippen LogP contribution in [0.2, 0.25) is 0 Å². The summed E-state index contributed by atoms with van der Waals surface area (Å²) < 4.78 is 0. The highest BCUT2D eigenvalue weighted by atomic mass is 15.2. The molecule has 1 aliphatic heterocycles. The normalized spacial score (nSPS) is 17.2. The highest BCUT2D eigenvalue weighted by Gasteiger charge is 2.19. The standard InChI is InChI=1S/C17H28N2/c1-14(2)12-18-13-15(3)19-11-7-6-9-16-8-4-5-10-17(16)19/h4-5,8,10,14-15,18H,6-7,9,11-13H2,1-3H3.